The van der Waals surface area contributed by atoms with Crippen LogP contribution in [0.25, 0.3) is 0 Å². The lowest BCUT2D eigenvalue weighted by atomic mass is 9.96. The molecule has 9 heteroatoms. The van der Waals surface area contributed by atoms with Crippen molar-refractivity contribution in [3.63, 3.8) is 0 Å². The summed E-state index contributed by atoms with van der Waals surface area (Å²) in [7, 11) is -1.30. The topological polar surface area (TPSA) is 113 Å². The van der Waals surface area contributed by atoms with Crippen molar-refractivity contribution in [3.8, 4) is 0 Å². The highest BCUT2D eigenvalue weighted by molar-refractivity contribution is 7.90. The Balaban J connectivity index is 2.35. The lowest BCUT2D eigenvalue weighted by Gasteiger charge is -2.32. The Kier molecular flexibility index (Phi) is 6.56. The van der Waals surface area contributed by atoms with Crippen molar-refractivity contribution in [3.05, 3.63) is 0 Å². The molecule has 8 nitrogen and oxygen atoms in total. The van der Waals surface area contributed by atoms with E-state index in [1.54, 1.807) is 16.8 Å². The molecule has 3 N–H and O–H groups in total. The monoisotopic (exact) mass is 320 g/mol. The third-order valence-corrected chi connectivity index (χ3v) is 4.53. The molecule has 0 unspecified atom stereocenters. The average Bonchev–Trinajstić information content (AvgIpc) is 2.43. The molecule has 122 valence electrons. The number of nitrogens with one attached hydrogen (secondary N) is 1. The first-order valence-corrected chi connectivity index (χ1v) is 8.93. The molecule has 21 heavy (non-hydrogen) atoms. The minimum Gasteiger partial charge on any atom is -0.342 e. The van der Waals surface area contributed by atoms with Crippen LogP contribution in [0, 0.1) is 5.92 Å². The molecule has 0 radical (unpaired) electrons. The summed E-state index contributed by atoms with van der Waals surface area (Å²) in [5, 5.41) is 0. The van der Waals surface area contributed by atoms with Crippen molar-refractivity contribution in [2.75, 3.05) is 45.2 Å². The Morgan fingerprint density at radius 1 is 1.33 bits per heavy atom. The number of likely N-dealkylation sites (N-methyl/N-ethyl adjacent to an activating group) is 1. The molecule has 0 aromatic carbocycles. The molecule has 0 bridgehead atoms. The van der Waals surface area contributed by atoms with Gasteiger partial charge in [0.15, 0.2) is 0 Å². The molecule has 0 saturated carbocycles. The number of nitrogens with two attached hydrogens (primary N) is 1. The first-order valence-electron chi connectivity index (χ1n) is 6.87. The molecule has 0 spiro atoms. The normalized spacial score (nSPS) is 17.0. The maximum Gasteiger partial charge on any atom is 0.237 e. The van der Waals surface area contributed by atoms with Crippen LogP contribution in [0.15, 0.2) is 0 Å². The van der Waals surface area contributed by atoms with Gasteiger partial charge in [-0.25, -0.2) is 14.3 Å². The highest BCUT2D eigenvalue weighted by Crippen LogP contribution is 2.17. The minimum absolute atomic E-state index is 0.0372. The van der Waals surface area contributed by atoms with Crippen LogP contribution in [0.2, 0.25) is 0 Å². The molecule has 1 heterocycles. The second kappa shape index (κ2) is 7.71. The van der Waals surface area contributed by atoms with Crippen LogP contribution in [0.4, 0.5) is 0 Å². The highest BCUT2D eigenvalue weighted by Gasteiger charge is 2.27. The molecule has 1 aliphatic heterocycles. The predicted octanol–water partition coefficient (Wildman–Crippen LogP) is -1.81. The molecule has 0 aromatic rings. The van der Waals surface area contributed by atoms with E-state index >= 15 is 0 Å². The molecule has 2 amide bonds. The van der Waals surface area contributed by atoms with E-state index in [1.807, 2.05) is 0 Å². The molecular weight excluding hydrogens is 296 g/mol. The highest BCUT2D eigenvalue weighted by atomic mass is 32.2. The number of hydrazine groups is 1. The molecule has 1 rings (SSSR count). The number of amides is 2. The van der Waals surface area contributed by atoms with E-state index in [0.29, 0.717) is 32.5 Å². The maximum absolute atomic E-state index is 12.1. The fraction of sp³-hybridized carbons (Fsp3) is 0.833. The van der Waals surface area contributed by atoms with Crippen molar-refractivity contribution in [1.82, 2.24) is 15.2 Å². The van der Waals surface area contributed by atoms with Gasteiger partial charge in [-0.05, 0) is 19.9 Å². The van der Waals surface area contributed by atoms with E-state index in [9.17, 15) is 18.0 Å². The third kappa shape index (κ3) is 6.40. The van der Waals surface area contributed by atoms with E-state index < -0.39 is 9.84 Å². The number of carbonyl (C=O) groups is 2. The van der Waals surface area contributed by atoms with Gasteiger partial charge < -0.3 is 4.90 Å². The molecular formula is C12H24N4O4S. The molecule has 0 aliphatic carbocycles. The van der Waals surface area contributed by atoms with Crippen LogP contribution in [-0.4, -0.2) is 75.3 Å². The Bertz CT molecular complexity index is 472. The average molecular weight is 320 g/mol. The van der Waals surface area contributed by atoms with Crippen molar-refractivity contribution in [1.29, 1.82) is 0 Å². The second-order valence-corrected chi connectivity index (χ2v) is 7.79. The molecule has 0 atom stereocenters. The van der Waals surface area contributed by atoms with E-state index in [4.69, 9.17) is 5.84 Å². The number of carbonyl (C=O) groups excluding carboxylic acids is 2. The number of rotatable bonds is 6. The summed E-state index contributed by atoms with van der Waals surface area (Å²) in [6.07, 6.45) is 2.37. The Morgan fingerprint density at radius 3 is 2.38 bits per heavy atom. The number of sulfone groups is 1. The summed E-state index contributed by atoms with van der Waals surface area (Å²) in [6, 6.07) is 0. The number of nitrogens with zero attached hydrogens (tertiary/aromatic N) is 2. The van der Waals surface area contributed by atoms with E-state index in [1.165, 1.54) is 6.26 Å². The van der Waals surface area contributed by atoms with Crippen molar-refractivity contribution in [2.24, 2.45) is 11.8 Å². The Hall–Kier alpha value is -1.19. The first-order chi connectivity index (χ1) is 9.73. The van der Waals surface area contributed by atoms with Crippen LogP contribution >= 0.6 is 0 Å². The smallest absolute Gasteiger partial charge is 0.237 e. The quantitative estimate of drug-likeness (QED) is 0.339. The fourth-order valence-electron chi connectivity index (χ4n) is 2.24. The van der Waals surface area contributed by atoms with Crippen LogP contribution in [0.3, 0.4) is 0 Å². The summed E-state index contributed by atoms with van der Waals surface area (Å²) in [6.45, 7) is 1.56. The van der Waals surface area contributed by atoms with E-state index in [2.05, 4.69) is 5.43 Å². The van der Waals surface area contributed by atoms with Crippen LogP contribution in [0.5, 0.6) is 0 Å². The van der Waals surface area contributed by atoms with E-state index in [0.717, 1.165) is 0 Å². The standard InChI is InChI=1S/C12H24N4O4S/c1-15(7-8-21(2,19)20)9-11(17)16-5-3-10(4-6-16)12(18)14-13/h10H,3-9,13H2,1-2H3,(H,14,18). The first kappa shape index (κ1) is 17.9. The molecule has 1 aliphatic rings. The second-order valence-electron chi connectivity index (χ2n) is 5.53. The predicted molar refractivity (Wildman–Crippen MR) is 78.8 cm³/mol. The summed E-state index contributed by atoms with van der Waals surface area (Å²) in [5.41, 5.74) is 2.13. The Labute approximate surface area is 125 Å². The van der Waals surface area contributed by atoms with E-state index in [-0.39, 0.29) is 30.0 Å². The minimum atomic E-state index is -3.02. The van der Waals surface area contributed by atoms with Gasteiger partial charge >= 0.3 is 0 Å². The number of likely N-dealkylation sites (tertiary alicyclic amines) is 1. The molecule has 0 aromatic heterocycles. The van der Waals surface area contributed by atoms with Crippen LogP contribution in [0.1, 0.15) is 12.8 Å². The molecule has 1 fully saturated rings. The maximum atomic E-state index is 12.1. The number of hydrogen-bond acceptors (Lipinski definition) is 6. The summed E-state index contributed by atoms with van der Waals surface area (Å²) >= 11 is 0. The zero-order valence-corrected chi connectivity index (χ0v) is 13.4. The summed E-state index contributed by atoms with van der Waals surface area (Å²) < 4.78 is 22.2. The SMILES string of the molecule is CN(CCS(C)(=O)=O)CC(=O)N1CCC(C(=O)NN)CC1. The summed E-state index contributed by atoms with van der Waals surface area (Å²) in [4.78, 5) is 26.9. The largest absolute Gasteiger partial charge is 0.342 e. The van der Waals surface area contributed by atoms with Gasteiger partial charge in [0, 0.05) is 31.8 Å². The lowest BCUT2D eigenvalue weighted by Crippen LogP contribution is -2.47. The van der Waals surface area contributed by atoms with Gasteiger partial charge in [0.25, 0.3) is 0 Å². The van der Waals surface area contributed by atoms with Gasteiger partial charge in [-0.3, -0.25) is 19.9 Å². The lowest BCUT2D eigenvalue weighted by molar-refractivity contribution is -0.136. The van der Waals surface area contributed by atoms with Gasteiger partial charge in [-0.15, -0.1) is 0 Å². The fourth-order valence-corrected chi connectivity index (χ4v) is 2.88. The summed E-state index contributed by atoms with van der Waals surface area (Å²) in [5.74, 6) is 4.76. The van der Waals surface area contributed by atoms with Gasteiger partial charge in [-0.2, -0.15) is 0 Å². The van der Waals surface area contributed by atoms with Crippen molar-refractivity contribution >= 4 is 21.7 Å². The van der Waals surface area contributed by atoms with Gasteiger partial charge in [0.05, 0.1) is 12.3 Å². The zero-order valence-electron chi connectivity index (χ0n) is 12.5. The number of piperidine rings is 1. The number of hydrogen-bond donors (Lipinski definition) is 2. The van der Waals surface area contributed by atoms with Gasteiger partial charge in [-0.1, -0.05) is 0 Å². The third-order valence-electron chi connectivity index (χ3n) is 3.61. The van der Waals surface area contributed by atoms with Gasteiger partial charge in [0.1, 0.15) is 9.84 Å². The van der Waals surface area contributed by atoms with Crippen LogP contribution in [-0.2, 0) is 19.4 Å². The van der Waals surface area contributed by atoms with Crippen molar-refractivity contribution < 1.29 is 18.0 Å². The zero-order chi connectivity index (χ0) is 16.0. The molecule has 1 saturated heterocycles. The van der Waals surface area contributed by atoms with Gasteiger partial charge in [0.2, 0.25) is 11.8 Å². The Morgan fingerprint density at radius 2 is 1.90 bits per heavy atom. The van der Waals surface area contributed by atoms with Crippen molar-refractivity contribution in [2.45, 2.75) is 12.8 Å². The van der Waals surface area contributed by atoms with Crippen LogP contribution < -0.4 is 11.3 Å².